The van der Waals surface area contributed by atoms with Gasteiger partial charge >= 0.3 is 0 Å². The third-order valence-electron chi connectivity index (χ3n) is 2.14. The molecule has 0 aliphatic heterocycles. The van der Waals surface area contributed by atoms with Crippen molar-refractivity contribution >= 4 is 0 Å². The fourth-order valence-corrected chi connectivity index (χ4v) is 1.57. The number of ether oxygens (including phenoxy) is 2. The highest BCUT2D eigenvalue weighted by molar-refractivity contribution is 5.39. The number of likely N-dealkylation sites (N-methyl/N-ethyl adjacent to an activating group) is 1. The van der Waals surface area contributed by atoms with E-state index in [9.17, 15) is 0 Å². The molecule has 1 rings (SSSR count). The van der Waals surface area contributed by atoms with Crippen molar-refractivity contribution in [2.24, 2.45) is 0 Å². The fourth-order valence-electron chi connectivity index (χ4n) is 1.57. The van der Waals surface area contributed by atoms with Crippen LogP contribution in [-0.4, -0.2) is 25.8 Å². The summed E-state index contributed by atoms with van der Waals surface area (Å²) < 4.78 is 11.5. The van der Waals surface area contributed by atoms with Gasteiger partial charge in [0.15, 0.2) is 11.5 Å². The van der Waals surface area contributed by atoms with E-state index in [4.69, 9.17) is 9.47 Å². The van der Waals surface area contributed by atoms with Gasteiger partial charge in [-0.3, -0.25) is 0 Å². The maximum absolute atomic E-state index is 5.94. The SMILES string of the molecule is CCOc1ccccc1OC(C)(C)CNC. The average Bonchev–Trinajstić information content (AvgIpc) is 2.20. The minimum absolute atomic E-state index is 0.248. The Bertz CT molecular complexity index is 323. The molecule has 1 N–H and O–H groups in total. The van der Waals surface area contributed by atoms with E-state index in [1.807, 2.05) is 52.1 Å². The molecule has 0 unspecified atom stereocenters. The van der Waals surface area contributed by atoms with Gasteiger partial charge in [-0.25, -0.2) is 0 Å². The van der Waals surface area contributed by atoms with Gasteiger partial charge < -0.3 is 14.8 Å². The number of rotatable bonds is 6. The lowest BCUT2D eigenvalue weighted by Gasteiger charge is -2.27. The second-order valence-electron chi connectivity index (χ2n) is 4.27. The zero-order valence-electron chi connectivity index (χ0n) is 10.5. The van der Waals surface area contributed by atoms with E-state index >= 15 is 0 Å². The summed E-state index contributed by atoms with van der Waals surface area (Å²) >= 11 is 0. The number of benzene rings is 1. The second kappa shape index (κ2) is 5.75. The number of para-hydroxylation sites is 2. The Kier molecular flexibility index (Phi) is 4.62. The predicted octanol–water partition coefficient (Wildman–Crippen LogP) is 2.46. The molecule has 16 heavy (non-hydrogen) atoms. The molecule has 0 spiro atoms. The van der Waals surface area contributed by atoms with E-state index in [0.29, 0.717) is 6.61 Å². The first-order valence-corrected chi connectivity index (χ1v) is 5.64. The van der Waals surface area contributed by atoms with Crippen LogP contribution in [0, 0.1) is 0 Å². The lowest BCUT2D eigenvalue weighted by molar-refractivity contribution is 0.105. The minimum Gasteiger partial charge on any atom is -0.490 e. The molecule has 0 amide bonds. The van der Waals surface area contributed by atoms with Crippen LogP contribution in [0.5, 0.6) is 11.5 Å². The largest absolute Gasteiger partial charge is 0.490 e. The molecule has 0 saturated heterocycles. The molecular weight excluding hydrogens is 202 g/mol. The minimum atomic E-state index is -0.248. The molecule has 0 heterocycles. The first-order chi connectivity index (χ1) is 7.59. The van der Waals surface area contributed by atoms with E-state index in [-0.39, 0.29) is 5.60 Å². The molecule has 90 valence electrons. The maximum Gasteiger partial charge on any atom is 0.162 e. The van der Waals surface area contributed by atoms with Crippen molar-refractivity contribution in [1.82, 2.24) is 5.32 Å². The molecule has 0 fully saturated rings. The summed E-state index contributed by atoms with van der Waals surface area (Å²) in [6, 6.07) is 7.76. The van der Waals surface area contributed by atoms with Crippen LogP contribution in [0.1, 0.15) is 20.8 Å². The summed E-state index contributed by atoms with van der Waals surface area (Å²) in [5, 5.41) is 3.11. The van der Waals surface area contributed by atoms with Crippen LogP contribution in [0.4, 0.5) is 0 Å². The molecule has 0 radical (unpaired) electrons. The Hall–Kier alpha value is -1.22. The second-order valence-corrected chi connectivity index (χ2v) is 4.27. The quantitative estimate of drug-likeness (QED) is 0.803. The van der Waals surface area contributed by atoms with Gasteiger partial charge in [-0.2, -0.15) is 0 Å². The van der Waals surface area contributed by atoms with E-state index < -0.39 is 0 Å². The molecule has 0 saturated carbocycles. The highest BCUT2D eigenvalue weighted by Crippen LogP contribution is 2.29. The van der Waals surface area contributed by atoms with Crippen molar-refractivity contribution in [3.05, 3.63) is 24.3 Å². The summed E-state index contributed by atoms with van der Waals surface area (Å²) in [6.45, 7) is 7.49. The predicted molar refractivity (Wildman–Crippen MR) is 66.2 cm³/mol. The van der Waals surface area contributed by atoms with Crippen molar-refractivity contribution in [2.45, 2.75) is 26.4 Å². The van der Waals surface area contributed by atoms with Gasteiger partial charge in [-0.05, 0) is 40.0 Å². The Morgan fingerprint density at radius 1 is 1.19 bits per heavy atom. The summed E-state index contributed by atoms with van der Waals surface area (Å²) in [4.78, 5) is 0. The first kappa shape index (κ1) is 12.8. The van der Waals surface area contributed by atoms with Crippen molar-refractivity contribution in [3.8, 4) is 11.5 Å². The van der Waals surface area contributed by atoms with Gasteiger partial charge in [0.1, 0.15) is 5.60 Å². The van der Waals surface area contributed by atoms with Gasteiger partial charge in [0, 0.05) is 6.54 Å². The molecular formula is C13H21NO2. The van der Waals surface area contributed by atoms with Crippen molar-refractivity contribution in [2.75, 3.05) is 20.2 Å². The molecule has 0 aromatic heterocycles. The third kappa shape index (κ3) is 3.74. The van der Waals surface area contributed by atoms with Gasteiger partial charge in [0.05, 0.1) is 6.61 Å². The van der Waals surface area contributed by atoms with Crippen molar-refractivity contribution in [3.63, 3.8) is 0 Å². The lowest BCUT2D eigenvalue weighted by Crippen LogP contribution is -2.38. The molecule has 0 bridgehead atoms. The molecule has 0 atom stereocenters. The normalized spacial score (nSPS) is 11.2. The smallest absolute Gasteiger partial charge is 0.162 e. The monoisotopic (exact) mass is 223 g/mol. The van der Waals surface area contributed by atoms with Gasteiger partial charge in [-0.15, -0.1) is 0 Å². The van der Waals surface area contributed by atoms with Gasteiger partial charge in [0.2, 0.25) is 0 Å². The Labute approximate surface area is 97.8 Å². The lowest BCUT2D eigenvalue weighted by atomic mass is 10.1. The summed E-state index contributed by atoms with van der Waals surface area (Å²) in [5.74, 6) is 1.60. The molecule has 1 aromatic carbocycles. The third-order valence-corrected chi connectivity index (χ3v) is 2.14. The van der Waals surface area contributed by atoms with E-state index in [2.05, 4.69) is 5.32 Å². The summed E-state index contributed by atoms with van der Waals surface area (Å²) in [7, 11) is 1.92. The van der Waals surface area contributed by atoms with Crippen LogP contribution < -0.4 is 14.8 Å². The van der Waals surface area contributed by atoms with Crippen molar-refractivity contribution in [1.29, 1.82) is 0 Å². The fraction of sp³-hybridized carbons (Fsp3) is 0.538. The van der Waals surface area contributed by atoms with Crippen LogP contribution in [0.3, 0.4) is 0 Å². The number of hydrogen-bond donors (Lipinski definition) is 1. The van der Waals surface area contributed by atoms with Gasteiger partial charge in [-0.1, -0.05) is 12.1 Å². The van der Waals surface area contributed by atoms with E-state index in [1.54, 1.807) is 0 Å². The maximum atomic E-state index is 5.94. The van der Waals surface area contributed by atoms with Crippen LogP contribution in [0.2, 0.25) is 0 Å². The summed E-state index contributed by atoms with van der Waals surface area (Å²) in [5.41, 5.74) is -0.248. The van der Waals surface area contributed by atoms with Crippen LogP contribution in [0.15, 0.2) is 24.3 Å². The highest BCUT2D eigenvalue weighted by Gasteiger charge is 2.20. The topological polar surface area (TPSA) is 30.5 Å². The zero-order chi connectivity index (χ0) is 12.0. The Morgan fingerprint density at radius 2 is 1.81 bits per heavy atom. The molecule has 3 heteroatoms. The summed E-state index contributed by atoms with van der Waals surface area (Å²) in [6.07, 6.45) is 0. The van der Waals surface area contributed by atoms with Crippen molar-refractivity contribution < 1.29 is 9.47 Å². The molecule has 0 aliphatic carbocycles. The van der Waals surface area contributed by atoms with E-state index in [0.717, 1.165) is 18.0 Å². The van der Waals surface area contributed by atoms with Crippen LogP contribution in [0.25, 0.3) is 0 Å². The molecule has 3 nitrogen and oxygen atoms in total. The molecule has 0 aliphatic rings. The highest BCUT2D eigenvalue weighted by atomic mass is 16.5. The number of hydrogen-bond acceptors (Lipinski definition) is 3. The first-order valence-electron chi connectivity index (χ1n) is 5.64. The Morgan fingerprint density at radius 3 is 2.38 bits per heavy atom. The van der Waals surface area contributed by atoms with Gasteiger partial charge in [0.25, 0.3) is 0 Å². The Balaban J connectivity index is 2.79. The standard InChI is InChI=1S/C13H21NO2/c1-5-15-11-8-6-7-9-12(11)16-13(2,3)10-14-4/h6-9,14H,5,10H2,1-4H3. The zero-order valence-corrected chi connectivity index (χ0v) is 10.5. The average molecular weight is 223 g/mol. The van der Waals surface area contributed by atoms with E-state index in [1.165, 1.54) is 0 Å². The van der Waals surface area contributed by atoms with Crippen LogP contribution >= 0.6 is 0 Å². The number of nitrogens with one attached hydrogen (secondary N) is 1. The molecule has 1 aromatic rings. The van der Waals surface area contributed by atoms with Crippen LogP contribution in [-0.2, 0) is 0 Å².